The molecular weight excluding hydrogens is 400 g/mol. The third-order valence-corrected chi connectivity index (χ3v) is 6.46. The van der Waals surface area contributed by atoms with Gasteiger partial charge in [0.1, 0.15) is 11.3 Å². The first-order valence-electron chi connectivity index (χ1n) is 9.28. The van der Waals surface area contributed by atoms with E-state index in [1.165, 1.54) is 37.9 Å². The predicted molar refractivity (Wildman–Crippen MR) is 119 cm³/mol. The van der Waals surface area contributed by atoms with Gasteiger partial charge < -0.3 is 0 Å². The van der Waals surface area contributed by atoms with E-state index >= 15 is 0 Å². The smallest absolute Gasteiger partial charge is 0.144 e. The number of nitrogens with zero attached hydrogens (tertiary/aromatic N) is 4. The van der Waals surface area contributed by atoms with Crippen LogP contribution in [0, 0.1) is 6.92 Å². The fraction of sp³-hybridized carbons (Fsp3) is 0.0870. The highest BCUT2D eigenvalue weighted by molar-refractivity contribution is 7.15. The van der Waals surface area contributed by atoms with Gasteiger partial charge in [-0.2, -0.15) is 4.68 Å². The number of rotatable bonds is 4. The molecule has 0 aliphatic heterocycles. The van der Waals surface area contributed by atoms with E-state index < -0.39 is 0 Å². The summed E-state index contributed by atoms with van der Waals surface area (Å²) in [5.41, 5.74) is 4.94. The van der Waals surface area contributed by atoms with Crippen molar-refractivity contribution < 1.29 is 0 Å². The van der Waals surface area contributed by atoms with Crippen LogP contribution < -0.4 is 0 Å². The van der Waals surface area contributed by atoms with Crippen molar-refractivity contribution in [3.05, 3.63) is 94.1 Å². The molecule has 0 saturated heterocycles. The number of hydrogen-bond donors (Lipinski definition) is 0. The van der Waals surface area contributed by atoms with Crippen LogP contribution in [-0.4, -0.2) is 20.2 Å². The van der Waals surface area contributed by atoms with Crippen molar-refractivity contribution in [2.24, 2.45) is 0 Å². The third-order valence-electron chi connectivity index (χ3n) is 5.08. The van der Waals surface area contributed by atoms with Crippen LogP contribution in [0.2, 0.25) is 5.02 Å². The summed E-state index contributed by atoms with van der Waals surface area (Å²) >= 11 is 7.78. The summed E-state index contributed by atoms with van der Waals surface area (Å²) in [6, 6.07) is 23.2. The molecule has 0 bridgehead atoms. The minimum Gasteiger partial charge on any atom is -0.190 e. The van der Waals surface area contributed by atoms with Gasteiger partial charge in [-0.25, -0.2) is 0 Å². The van der Waals surface area contributed by atoms with Gasteiger partial charge in [0.25, 0.3) is 0 Å². The van der Waals surface area contributed by atoms with Gasteiger partial charge in [-0.1, -0.05) is 60.1 Å². The Morgan fingerprint density at radius 3 is 2.48 bits per heavy atom. The molecule has 142 valence electrons. The van der Waals surface area contributed by atoms with Gasteiger partial charge in [0.2, 0.25) is 0 Å². The van der Waals surface area contributed by atoms with Crippen LogP contribution in [0.3, 0.4) is 0 Å². The Morgan fingerprint density at radius 2 is 1.72 bits per heavy atom. The Balaban J connectivity index is 1.69. The molecule has 2 aromatic heterocycles. The van der Waals surface area contributed by atoms with Crippen LogP contribution in [0.4, 0.5) is 0 Å². The fourth-order valence-corrected chi connectivity index (χ4v) is 4.87. The van der Waals surface area contributed by atoms with Gasteiger partial charge in [-0.05, 0) is 68.6 Å². The number of aromatic nitrogens is 4. The number of aryl methyl sites for hydroxylation is 1. The highest BCUT2D eigenvalue weighted by Gasteiger charge is 2.16. The summed E-state index contributed by atoms with van der Waals surface area (Å²) < 4.78 is 1.72. The van der Waals surface area contributed by atoms with Crippen LogP contribution in [-0.2, 0) is 6.42 Å². The lowest BCUT2D eigenvalue weighted by atomic mass is 9.94. The van der Waals surface area contributed by atoms with E-state index in [-0.39, 0.29) is 0 Å². The molecule has 0 fully saturated rings. The van der Waals surface area contributed by atoms with Crippen LogP contribution in [0.5, 0.6) is 0 Å². The van der Waals surface area contributed by atoms with Crippen LogP contribution in [0.25, 0.3) is 26.9 Å². The van der Waals surface area contributed by atoms with Gasteiger partial charge >= 0.3 is 0 Å². The number of halogens is 1. The maximum Gasteiger partial charge on any atom is 0.144 e. The molecule has 0 amide bonds. The Hall–Kier alpha value is -3.02. The number of benzene rings is 3. The average Bonchev–Trinajstić information content (AvgIpc) is 3.41. The Morgan fingerprint density at radius 1 is 0.931 bits per heavy atom. The monoisotopic (exact) mass is 416 g/mol. The summed E-state index contributed by atoms with van der Waals surface area (Å²) in [6.45, 7) is 2.15. The van der Waals surface area contributed by atoms with Crippen molar-refractivity contribution in [1.82, 2.24) is 20.2 Å². The van der Waals surface area contributed by atoms with Gasteiger partial charge in [0, 0.05) is 16.3 Å². The summed E-state index contributed by atoms with van der Waals surface area (Å²) in [6.07, 6.45) is 2.45. The number of fused-ring (bicyclic) bond motifs is 1. The first kappa shape index (κ1) is 18.0. The minimum absolute atomic E-state index is 0.749. The summed E-state index contributed by atoms with van der Waals surface area (Å²) in [4.78, 5) is 1.27. The standard InChI is InChI=1S/C23H17ClN4S/c1-15-6-11-20(19-5-3-2-4-18(15)19)21-13-23(28-14-25-26-27-28)29-22(21)12-16-7-9-17(24)10-8-16/h2-11,13-14H,12H2,1H3. The summed E-state index contributed by atoms with van der Waals surface area (Å²) in [5.74, 6) is 0. The SMILES string of the molecule is Cc1ccc(-c2cc(-n3cnnn3)sc2Cc2ccc(Cl)cc2)c2ccccc12. The number of tetrazole rings is 1. The molecule has 29 heavy (non-hydrogen) atoms. The van der Waals surface area contributed by atoms with Crippen LogP contribution in [0.1, 0.15) is 16.0 Å². The van der Waals surface area contributed by atoms with E-state index in [2.05, 4.69) is 77.0 Å². The molecule has 4 nitrogen and oxygen atoms in total. The molecule has 0 aliphatic rings. The Kier molecular flexibility index (Phi) is 4.62. The zero-order valence-corrected chi connectivity index (χ0v) is 17.3. The van der Waals surface area contributed by atoms with Gasteiger partial charge in [-0.3, -0.25) is 0 Å². The maximum absolute atomic E-state index is 6.07. The molecule has 5 rings (SSSR count). The van der Waals surface area contributed by atoms with E-state index in [0.29, 0.717) is 0 Å². The zero-order valence-electron chi connectivity index (χ0n) is 15.7. The summed E-state index contributed by atoms with van der Waals surface area (Å²) in [7, 11) is 0. The second-order valence-corrected chi connectivity index (χ2v) is 8.51. The molecule has 2 heterocycles. The lowest BCUT2D eigenvalue weighted by molar-refractivity contribution is 0.798. The quantitative estimate of drug-likeness (QED) is 0.355. The summed E-state index contributed by atoms with van der Waals surface area (Å²) in [5, 5.41) is 15.9. The zero-order chi connectivity index (χ0) is 19.8. The predicted octanol–water partition coefficient (Wildman–Crippen LogP) is 6.10. The molecule has 0 N–H and O–H groups in total. The van der Waals surface area contributed by atoms with Gasteiger partial charge in [-0.15, -0.1) is 16.4 Å². The normalized spacial score (nSPS) is 11.2. The molecule has 0 atom stereocenters. The highest BCUT2D eigenvalue weighted by Crippen LogP contribution is 2.39. The highest BCUT2D eigenvalue weighted by atomic mass is 35.5. The molecule has 0 saturated carbocycles. The van der Waals surface area contributed by atoms with E-state index in [1.54, 1.807) is 22.3 Å². The molecule has 0 unspecified atom stereocenters. The Labute approximate surface area is 177 Å². The topological polar surface area (TPSA) is 43.6 Å². The third kappa shape index (κ3) is 3.43. The van der Waals surface area contributed by atoms with Crippen LogP contribution >= 0.6 is 22.9 Å². The van der Waals surface area contributed by atoms with E-state index in [0.717, 1.165) is 16.4 Å². The molecule has 0 radical (unpaired) electrons. The Bertz CT molecular complexity index is 1290. The van der Waals surface area contributed by atoms with Gasteiger partial charge in [0.15, 0.2) is 0 Å². The van der Waals surface area contributed by atoms with Crippen molar-refractivity contribution in [1.29, 1.82) is 0 Å². The molecule has 3 aromatic carbocycles. The van der Waals surface area contributed by atoms with Crippen molar-refractivity contribution >= 4 is 33.7 Å². The minimum atomic E-state index is 0.749. The maximum atomic E-state index is 6.07. The number of thiophene rings is 1. The van der Waals surface area contributed by atoms with E-state index in [4.69, 9.17) is 11.6 Å². The van der Waals surface area contributed by atoms with Crippen molar-refractivity contribution in [3.63, 3.8) is 0 Å². The van der Waals surface area contributed by atoms with E-state index in [9.17, 15) is 0 Å². The molecule has 0 spiro atoms. The van der Waals surface area contributed by atoms with Crippen molar-refractivity contribution in [2.45, 2.75) is 13.3 Å². The first-order chi connectivity index (χ1) is 14.2. The fourth-order valence-electron chi connectivity index (χ4n) is 3.62. The van der Waals surface area contributed by atoms with Crippen LogP contribution in [0.15, 0.2) is 73.1 Å². The molecule has 5 aromatic rings. The lowest BCUT2D eigenvalue weighted by Crippen LogP contribution is -1.90. The number of hydrogen-bond acceptors (Lipinski definition) is 4. The molecule has 6 heteroatoms. The van der Waals surface area contributed by atoms with Crippen molar-refractivity contribution in [3.8, 4) is 16.1 Å². The van der Waals surface area contributed by atoms with E-state index in [1.807, 2.05) is 12.1 Å². The average molecular weight is 417 g/mol. The first-order valence-corrected chi connectivity index (χ1v) is 10.5. The van der Waals surface area contributed by atoms with Crippen molar-refractivity contribution in [2.75, 3.05) is 0 Å². The molecule has 0 aliphatic carbocycles. The second-order valence-electron chi connectivity index (χ2n) is 6.95. The molecular formula is C23H17ClN4S. The van der Waals surface area contributed by atoms with Gasteiger partial charge in [0.05, 0.1) is 0 Å². The second kappa shape index (κ2) is 7.43. The lowest BCUT2D eigenvalue weighted by Gasteiger charge is -2.10. The largest absolute Gasteiger partial charge is 0.190 e.